The molecule has 0 radical (unpaired) electrons. The van der Waals surface area contributed by atoms with E-state index in [1.54, 1.807) is 24.3 Å². The molecule has 0 spiro atoms. The van der Waals surface area contributed by atoms with Gasteiger partial charge in [0, 0.05) is 17.9 Å². The molecule has 0 aromatic heterocycles. The molecule has 1 aromatic carbocycles. The molecule has 0 unspecified atom stereocenters. The number of nitrogens with one attached hydrogen (secondary N) is 1. The van der Waals surface area contributed by atoms with Crippen LogP contribution < -0.4 is 5.32 Å². The van der Waals surface area contributed by atoms with Crippen LogP contribution in [0, 0.1) is 5.92 Å². The Balaban J connectivity index is 2.06. The second-order valence-electron chi connectivity index (χ2n) is 6.43. The number of sulfone groups is 1. The molecule has 1 amide bonds. The largest absolute Gasteiger partial charge is 0.481 e. The fourth-order valence-electron chi connectivity index (χ4n) is 3.08. The van der Waals surface area contributed by atoms with E-state index < -0.39 is 21.7 Å². The van der Waals surface area contributed by atoms with Crippen molar-refractivity contribution in [3.63, 3.8) is 0 Å². The molecule has 6 nitrogen and oxygen atoms in total. The second kappa shape index (κ2) is 7.79. The number of amides is 1. The average Bonchev–Trinajstić information content (AvgIpc) is 2.71. The molecule has 2 atom stereocenters. The first-order valence-corrected chi connectivity index (χ1v) is 10.1. The van der Waals surface area contributed by atoms with Gasteiger partial charge in [-0.3, -0.25) is 9.59 Å². The van der Waals surface area contributed by atoms with E-state index in [0.29, 0.717) is 24.0 Å². The first-order chi connectivity index (χ1) is 11.3. The van der Waals surface area contributed by atoms with Crippen LogP contribution in [0.3, 0.4) is 0 Å². The molecule has 1 saturated carbocycles. The number of carbonyl (C=O) groups excluding carboxylic acids is 1. The van der Waals surface area contributed by atoms with Gasteiger partial charge in [0.25, 0.3) is 5.91 Å². The highest BCUT2D eigenvalue weighted by molar-refractivity contribution is 7.89. The quantitative estimate of drug-likeness (QED) is 0.789. The van der Waals surface area contributed by atoms with Gasteiger partial charge in [-0.2, -0.15) is 0 Å². The van der Waals surface area contributed by atoms with Crippen LogP contribution >= 0.6 is 0 Å². The lowest BCUT2D eigenvalue weighted by molar-refractivity contribution is -0.142. The summed E-state index contributed by atoms with van der Waals surface area (Å²) >= 11 is 0. The van der Waals surface area contributed by atoms with E-state index in [-0.39, 0.29) is 17.7 Å². The summed E-state index contributed by atoms with van der Waals surface area (Å²) < 4.78 is 22.6. The van der Waals surface area contributed by atoms with Gasteiger partial charge in [-0.15, -0.1) is 0 Å². The van der Waals surface area contributed by atoms with Gasteiger partial charge >= 0.3 is 5.97 Å². The molecule has 1 fully saturated rings. The van der Waals surface area contributed by atoms with E-state index >= 15 is 0 Å². The highest BCUT2D eigenvalue weighted by Gasteiger charge is 2.30. The molecular formula is C17H23NO5S. The Kier molecular flexibility index (Phi) is 5.99. The van der Waals surface area contributed by atoms with Crippen LogP contribution in [0.4, 0.5) is 0 Å². The smallest absolute Gasteiger partial charge is 0.308 e. The molecule has 2 rings (SSSR count). The van der Waals surface area contributed by atoms with Crippen molar-refractivity contribution in [2.75, 3.05) is 6.26 Å². The van der Waals surface area contributed by atoms with Gasteiger partial charge in [0.05, 0.1) is 11.7 Å². The minimum absolute atomic E-state index is 0.0708. The molecule has 7 heteroatoms. The lowest BCUT2D eigenvalue weighted by atomic mass is 9.94. The lowest BCUT2D eigenvalue weighted by Crippen LogP contribution is -2.42. The number of hydrogen-bond donors (Lipinski definition) is 2. The highest BCUT2D eigenvalue weighted by atomic mass is 32.2. The molecule has 0 saturated heterocycles. The number of aliphatic carboxylic acids is 1. The summed E-state index contributed by atoms with van der Waals surface area (Å²) in [6.45, 7) is 0. The zero-order valence-corrected chi connectivity index (χ0v) is 14.5. The van der Waals surface area contributed by atoms with Crippen LogP contribution in [0.2, 0.25) is 0 Å². The van der Waals surface area contributed by atoms with E-state index in [2.05, 4.69) is 5.32 Å². The highest BCUT2D eigenvalue weighted by Crippen LogP contribution is 2.24. The molecule has 1 aliphatic carbocycles. The van der Waals surface area contributed by atoms with Gasteiger partial charge in [-0.25, -0.2) is 8.42 Å². The van der Waals surface area contributed by atoms with Gasteiger partial charge < -0.3 is 10.4 Å². The SMILES string of the molecule is CS(=O)(=O)Cc1ccc(C(=O)N[C@H]2CCCCC[C@H]2C(=O)O)cc1. The summed E-state index contributed by atoms with van der Waals surface area (Å²) in [5.41, 5.74) is 1.02. The van der Waals surface area contributed by atoms with Crippen LogP contribution in [0.1, 0.15) is 48.0 Å². The van der Waals surface area contributed by atoms with Crippen molar-refractivity contribution >= 4 is 21.7 Å². The van der Waals surface area contributed by atoms with E-state index in [9.17, 15) is 23.1 Å². The number of benzene rings is 1. The standard InChI is InChI=1S/C17H23NO5S/c1-24(22,23)11-12-7-9-13(10-8-12)16(19)18-15-6-4-2-3-5-14(15)17(20)21/h7-10,14-15H,2-6,11H2,1H3,(H,18,19)(H,20,21)/t14-,15+/m1/s1. The maximum atomic E-state index is 12.4. The van der Waals surface area contributed by atoms with Crippen molar-refractivity contribution in [1.82, 2.24) is 5.32 Å². The van der Waals surface area contributed by atoms with Crippen LogP contribution in [0.25, 0.3) is 0 Å². The maximum absolute atomic E-state index is 12.4. The van der Waals surface area contributed by atoms with Crippen LogP contribution in [0.15, 0.2) is 24.3 Å². The van der Waals surface area contributed by atoms with E-state index in [4.69, 9.17) is 0 Å². The van der Waals surface area contributed by atoms with E-state index in [1.807, 2.05) is 0 Å². The van der Waals surface area contributed by atoms with Crippen LogP contribution in [-0.2, 0) is 20.4 Å². The van der Waals surface area contributed by atoms with Crippen molar-refractivity contribution in [2.45, 2.75) is 43.9 Å². The predicted octanol–water partition coefficient (Wildman–Crippen LogP) is 1.99. The normalized spacial score (nSPS) is 21.7. The van der Waals surface area contributed by atoms with Crippen LogP contribution in [-0.4, -0.2) is 37.7 Å². The Labute approximate surface area is 142 Å². The third-order valence-corrected chi connectivity index (χ3v) is 5.15. The third kappa shape index (κ3) is 5.33. The summed E-state index contributed by atoms with van der Waals surface area (Å²) in [6.07, 6.45) is 5.15. The summed E-state index contributed by atoms with van der Waals surface area (Å²) in [5.74, 6) is -1.82. The first kappa shape index (κ1) is 18.4. The van der Waals surface area contributed by atoms with Crippen LogP contribution in [0.5, 0.6) is 0 Å². The fourth-order valence-corrected chi connectivity index (χ4v) is 3.88. The summed E-state index contributed by atoms with van der Waals surface area (Å²) in [6, 6.07) is 5.99. The molecule has 0 bridgehead atoms. The molecular weight excluding hydrogens is 330 g/mol. The maximum Gasteiger partial charge on any atom is 0.308 e. The number of carbonyl (C=O) groups is 2. The Bertz CT molecular complexity index is 696. The van der Waals surface area contributed by atoms with E-state index in [0.717, 1.165) is 25.5 Å². The Morgan fingerprint density at radius 2 is 1.75 bits per heavy atom. The van der Waals surface area contributed by atoms with Crippen molar-refractivity contribution < 1.29 is 23.1 Å². The molecule has 24 heavy (non-hydrogen) atoms. The summed E-state index contributed by atoms with van der Waals surface area (Å²) in [7, 11) is -3.12. The predicted molar refractivity (Wildman–Crippen MR) is 90.5 cm³/mol. The number of carboxylic acids is 1. The summed E-state index contributed by atoms with van der Waals surface area (Å²) in [5, 5.41) is 12.2. The minimum atomic E-state index is -3.12. The van der Waals surface area contributed by atoms with Crippen molar-refractivity contribution in [2.24, 2.45) is 5.92 Å². The minimum Gasteiger partial charge on any atom is -0.481 e. The van der Waals surface area contributed by atoms with E-state index in [1.165, 1.54) is 0 Å². The number of hydrogen-bond acceptors (Lipinski definition) is 4. The topological polar surface area (TPSA) is 101 Å². The molecule has 2 N–H and O–H groups in total. The van der Waals surface area contributed by atoms with Gasteiger partial charge in [0.2, 0.25) is 0 Å². The monoisotopic (exact) mass is 353 g/mol. The van der Waals surface area contributed by atoms with Gasteiger partial charge in [0.1, 0.15) is 0 Å². The fraction of sp³-hybridized carbons (Fsp3) is 0.529. The molecule has 0 aliphatic heterocycles. The number of rotatable bonds is 5. The third-order valence-electron chi connectivity index (χ3n) is 4.29. The second-order valence-corrected chi connectivity index (χ2v) is 8.57. The summed E-state index contributed by atoms with van der Waals surface area (Å²) in [4.78, 5) is 23.8. The van der Waals surface area contributed by atoms with Gasteiger partial charge in [0.15, 0.2) is 9.84 Å². The van der Waals surface area contributed by atoms with Gasteiger partial charge in [-0.1, -0.05) is 31.4 Å². The molecule has 132 valence electrons. The Morgan fingerprint density at radius 1 is 1.12 bits per heavy atom. The first-order valence-electron chi connectivity index (χ1n) is 8.06. The Morgan fingerprint density at radius 3 is 2.33 bits per heavy atom. The zero-order chi connectivity index (χ0) is 17.7. The number of carboxylic acid groups (broad SMARTS) is 1. The van der Waals surface area contributed by atoms with Crippen molar-refractivity contribution in [3.8, 4) is 0 Å². The zero-order valence-electron chi connectivity index (χ0n) is 13.7. The van der Waals surface area contributed by atoms with Gasteiger partial charge in [-0.05, 0) is 30.5 Å². The molecule has 1 aromatic rings. The Hall–Kier alpha value is -1.89. The average molecular weight is 353 g/mol. The molecule has 0 heterocycles. The molecule has 1 aliphatic rings. The van der Waals surface area contributed by atoms with Crippen molar-refractivity contribution in [1.29, 1.82) is 0 Å². The van der Waals surface area contributed by atoms with Crippen molar-refractivity contribution in [3.05, 3.63) is 35.4 Å². The lowest BCUT2D eigenvalue weighted by Gasteiger charge is -2.23.